The first-order valence-electron chi connectivity index (χ1n) is 7.56. The van der Waals surface area contributed by atoms with Crippen molar-refractivity contribution < 1.29 is 23.0 Å². The largest absolute Gasteiger partial charge is 0.493 e. The van der Waals surface area contributed by atoms with Crippen LogP contribution in [-0.4, -0.2) is 29.4 Å². The number of carbonyl (C=O) groups excluding carboxylic acids is 1. The summed E-state index contributed by atoms with van der Waals surface area (Å²) in [5.41, 5.74) is 0.603. The van der Waals surface area contributed by atoms with E-state index < -0.39 is 6.61 Å². The summed E-state index contributed by atoms with van der Waals surface area (Å²) in [7, 11) is 1.35. The molecule has 2 aromatic rings. The summed E-state index contributed by atoms with van der Waals surface area (Å²) in [5.74, 6) is 0.331. The maximum atomic E-state index is 12.3. The van der Waals surface area contributed by atoms with Crippen LogP contribution in [0.5, 0.6) is 11.5 Å². The molecule has 0 saturated carbocycles. The van der Waals surface area contributed by atoms with Gasteiger partial charge in [-0.2, -0.15) is 13.9 Å². The van der Waals surface area contributed by atoms with Crippen LogP contribution in [0.4, 0.5) is 14.6 Å². The second kappa shape index (κ2) is 8.27. The third-order valence-corrected chi connectivity index (χ3v) is 3.24. The average Bonchev–Trinajstić information content (AvgIpc) is 3.01. The van der Waals surface area contributed by atoms with E-state index in [0.717, 1.165) is 0 Å². The zero-order chi connectivity index (χ0) is 18.4. The van der Waals surface area contributed by atoms with E-state index in [-0.39, 0.29) is 23.4 Å². The summed E-state index contributed by atoms with van der Waals surface area (Å²) in [6.45, 7) is 0.966. The van der Waals surface area contributed by atoms with Crippen LogP contribution in [0, 0.1) is 0 Å². The zero-order valence-corrected chi connectivity index (χ0v) is 14.1. The van der Waals surface area contributed by atoms with Gasteiger partial charge in [-0.25, -0.2) is 4.68 Å². The first kappa shape index (κ1) is 18.4. The van der Waals surface area contributed by atoms with E-state index in [2.05, 4.69) is 15.2 Å². The first-order chi connectivity index (χ1) is 11.9. The lowest BCUT2D eigenvalue weighted by atomic mass is 10.2. The topological polar surface area (TPSA) is 65.4 Å². The predicted molar refractivity (Wildman–Crippen MR) is 89.9 cm³/mol. The van der Waals surface area contributed by atoms with Gasteiger partial charge in [-0.15, -0.1) is 0 Å². The number of rotatable bonds is 7. The van der Waals surface area contributed by atoms with E-state index in [4.69, 9.17) is 4.74 Å². The minimum absolute atomic E-state index is 0.0695. The molecule has 0 aliphatic heterocycles. The molecule has 6 nitrogen and oxygen atoms in total. The first-order valence-corrected chi connectivity index (χ1v) is 7.56. The lowest BCUT2D eigenvalue weighted by Crippen LogP contribution is -2.14. The Bertz CT molecular complexity index is 757. The highest BCUT2D eigenvalue weighted by Gasteiger charge is 2.11. The van der Waals surface area contributed by atoms with Gasteiger partial charge in [-0.3, -0.25) is 4.79 Å². The van der Waals surface area contributed by atoms with Gasteiger partial charge in [0.25, 0.3) is 0 Å². The number of nitrogens with one attached hydrogen (secondary N) is 1. The Morgan fingerprint density at radius 1 is 1.28 bits per heavy atom. The molecule has 2 rings (SSSR count). The minimum atomic E-state index is -2.94. The van der Waals surface area contributed by atoms with E-state index in [1.807, 2.05) is 13.8 Å². The second-order valence-electron chi connectivity index (χ2n) is 5.37. The fraction of sp³-hybridized carbons (Fsp3) is 0.294. The molecule has 0 unspecified atom stereocenters. The highest BCUT2D eigenvalue weighted by Crippen LogP contribution is 2.29. The number of anilines is 1. The molecule has 0 bridgehead atoms. The maximum absolute atomic E-state index is 12.3. The Hall–Kier alpha value is -2.90. The van der Waals surface area contributed by atoms with Crippen LogP contribution in [0.25, 0.3) is 6.08 Å². The molecule has 0 radical (unpaired) electrons. The van der Waals surface area contributed by atoms with Gasteiger partial charge >= 0.3 is 6.61 Å². The fourth-order valence-electron chi connectivity index (χ4n) is 2.15. The van der Waals surface area contributed by atoms with Crippen molar-refractivity contribution in [2.75, 3.05) is 12.4 Å². The molecule has 1 aromatic heterocycles. The molecule has 1 heterocycles. The monoisotopic (exact) mass is 351 g/mol. The van der Waals surface area contributed by atoms with Crippen molar-refractivity contribution in [1.82, 2.24) is 9.78 Å². The molecule has 0 spiro atoms. The lowest BCUT2D eigenvalue weighted by Gasteiger charge is -2.11. The molecule has 0 fully saturated rings. The summed E-state index contributed by atoms with van der Waals surface area (Å²) >= 11 is 0. The van der Waals surface area contributed by atoms with Gasteiger partial charge in [0.1, 0.15) is 5.82 Å². The van der Waals surface area contributed by atoms with Gasteiger partial charge in [0.15, 0.2) is 11.5 Å². The standard InChI is InChI=1S/C17H19F2N3O3/c1-11(2)22-15(8-9-20-22)21-16(23)7-5-12-4-6-13(25-17(18)19)14(10-12)24-3/h4-11,17H,1-3H3,(H,21,23). The summed E-state index contributed by atoms with van der Waals surface area (Å²) < 4.78 is 35.7. The minimum Gasteiger partial charge on any atom is -0.493 e. The van der Waals surface area contributed by atoms with Crippen molar-refractivity contribution in [3.05, 3.63) is 42.1 Å². The number of aromatic nitrogens is 2. The number of benzene rings is 1. The average molecular weight is 351 g/mol. The molecule has 134 valence electrons. The SMILES string of the molecule is COc1cc(C=CC(=O)Nc2ccnn2C(C)C)ccc1OC(F)F. The van der Waals surface area contributed by atoms with Crippen molar-refractivity contribution >= 4 is 17.8 Å². The highest BCUT2D eigenvalue weighted by atomic mass is 19.3. The van der Waals surface area contributed by atoms with Crippen LogP contribution in [0.2, 0.25) is 0 Å². The van der Waals surface area contributed by atoms with Gasteiger partial charge in [0.05, 0.1) is 13.3 Å². The molecular weight excluding hydrogens is 332 g/mol. The third-order valence-electron chi connectivity index (χ3n) is 3.24. The fourth-order valence-corrected chi connectivity index (χ4v) is 2.15. The Labute approximate surface area is 144 Å². The van der Waals surface area contributed by atoms with E-state index in [1.54, 1.807) is 29.1 Å². The molecule has 25 heavy (non-hydrogen) atoms. The molecule has 1 N–H and O–H groups in total. The molecule has 1 amide bonds. The number of ether oxygens (including phenoxy) is 2. The second-order valence-corrected chi connectivity index (χ2v) is 5.37. The van der Waals surface area contributed by atoms with Gasteiger partial charge < -0.3 is 14.8 Å². The number of hydrogen-bond donors (Lipinski definition) is 1. The van der Waals surface area contributed by atoms with Gasteiger partial charge in [0.2, 0.25) is 5.91 Å². The summed E-state index contributed by atoms with van der Waals surface area (Å²) in [6.07, 6.45) is 4.48. The van der Waals surface area contributed by atoms with Crippen LogP contribution < -0.4 is 14.8 Å². The molecule has 0 aliphatic rings. The number of methoxy groups -OCH3 is 1. The Morgan fingerprint density at radius 2 is 2.04 bits per heavy atom. The van der Waals surface area contributed by atoms with Crippen LogP contribution in [0.15, 0.2) is 36.5 Å². The van der Waals surface area contributed by atoms with E-state index in [0.29, 0.717) is 11.4 Å². The van der Waals surface area contributed by atoms with Gasteiger partial charge in [-0.1, -0.05) is 6.07 Å². The summed E-state index contributed by atoms with van der Waals surface area (Å²) in [4.78, 5) is 12.0. The Kier molecular flexibility index (Phi) is 6.10. The lowest BCUT2D eigenvalue weighted by molar-refractivity contribution is -0.111. The zero-order valence-electron chi connectivity index (χ0n) is 14.1. The van der Waals surface area contributed by atoms with Gasteiger partial charge in [0, 0.05) is 18.2 Å². The predicted octanol–water partition coefficient (Wildman–Crippen LogP) is 3.73. The normalized spacial score (nSPS) is 11.3. The van der Waals surface area contributed by atoms with Crippen molar-refractivity contribution in [2.24, 2.45) is 0 Å². The van der Waals surface area contributed by atoms with Crippen molar-refractivity contribution in [1.29, 1.82) is 0 Å². The number of carbonyl (C=O) groups is 1. The number of halogens is 2. The Morgan fingerprint density at radius 3 is 2.68 bits per heavy atom. The molecule has 0 saturated heterocycles. The molecule has 0 atom stereocenters. The molecule has 8 heteroatoms. The number of amides is 1. The molecular formula is C17H19F2N3O3. The van der Waals surface area contributed by atoms with Gasteiger partial charge in [-0.05, 0) is 37.6 Å². The van der Waals surface area contributed by atoms with Crippen LogP contribution in [0.1, 0.15) is 25.5 Å². The van der Waals surface area contributed by atoms with Crippen molar-refractivity contribution in [3.8, 4) is 11.5 Å². The van der Waals surface area contributed by atoms with E-state index in [1.165, 1.54) is 25.3 Å². The number of alkyl halides is 2. The molecule has 1 aromatic carbocycles. The van der Waals surface area contributed by atoms with Crippen LogP contribution in [-0.2, 0) is 4.79 Å². The van der Waals surface area contributed by atoms with Crippen LogP contribution in [0.3, 0.4) is 0 Å². The van der Waals surface area contributed by atoms with Crippen molar-refractivity contribution in [3.63, 3.8) is 0 Å². The van der Waals surface area contributed by atoms with E-state index in [9.17, 15) is 13.6 Å². The smallest absolute Gasteiger partial charge is 0.387 e. The number of hydrogen-bond acceptors (Lipinski definition) is 4. The quantitative estimate of drug-likeness (QED) is 0.772. The number of nitrogens with zero attached hydrogens (tertiary/aromatic N) is 2. The highest BCUT2D eigenvalue weighted by molar-refractivity contribution is 6.01. The summed E-state index contributed by atoms with van der Waals surface area (Å²) in [6, 6.07) is 6.21. The van der Waals surface area contributed by atoms with Crippen LogP contribution >= 0.6 is 0 Å². The molecule has 0 aliphatic carbocycles. The summed E-state index contributed by atoms with van der Waals surface area (Å²) in [5, 5.41) is 6.86. The Balaban J connectivity index is 2.08. The third kappa shape index (κ3) is 5.03. The van der Waals surface area contributed by atoms with Crippen molar-refractivity contribution in [2.45, 2.75) is 26.5 Å². The van der Waals surface area contributed by atoms with E-state index >= 15 is 0 Å². The maximum Gasteiger partial charge on any atom is 0.387 e.